The van der Waals surface area contributed by atoms with Crippen LogP contribution in [-0.2, 0) is 14.3 Å². The third kappa shape index (κ3) is 6.99. The molecule has 6 heteroatoms. The van der Waals surface area contributed by atoms with Gasteiger partial charge in [0.15, 0.2) is 13.2 Å². The van der Waals surface area contributed by atoms with Crippen molar-refractivity contribution in [3.8, 4) is 5.75 Å². The monoisotopic (exact) mass is 313 g/mol. The first-order chi connectivity index (χ1) is 9.88. The zero-order valence-corrected chi connectivity index (χ0v) is 13.2. The number of hydrogen-bond acceptors (Lipinski definition) is 4. The summed E-state index contributed by atoms with van der Waals surface area (Å²) in [6.45, 7) is 5.80. The number of rotatable bonds is 7. The Hall–Kier alpha value is -1.75. The van der Waals surface area contributed by atoms with Gasteiger partial charge in [0.25, 0.3) is 5.91 Å². The molecule has 5 nitrogen and oxygen atoms in total. The van der Waals surface area contributed by atoms with Crippen molar-refractivity contribution in [2.24, 2.45) is 5.92 Å². The first kappa shape index (κ1) is 17.3. The van der Waals surface area contributed by atoms with E-state index in [1.807, 2.05) is 20.8 Å². The van der Waals surface area contributed by atoms with E-state index in [9.17, 15) is 9.59 Å². The second-order valence-electron chi connectivity index (χ2n) is 5.06. The molecule has 0 heterocycles. The highest BCUT2D eigenvalue weighted by molar-refractivity contribution is 6.31. The van der Waals surface area contributed by atoms with Crippen LogP contribution in [0.3, 0.4) is 0 Å². The highest BCUT2D eigenvalue weighted by atomic mass is 35.5. The smallest absolute Gasteiger partial charge is 0.344 e. The van der Waals surface area contributed by atoms with Crippen LogP contribution in [0.25, 0.3) is 0 Å². The average molecular weight is 314 g/mol. The summed E-state index contributed by atoms with van der Waals surface area (Å²) < 4.78 is 10.1. The molecule has 0 aliphatic carbocycles. The lowest BCUT2D eigenvalue weighted by molar-refractivity contribution is -0.150. The molecule has 0 radical (unpaired) electrons. The second-order valence-corrected chi connectivity index (χ2v) is 5.47. The quantitative estimate of drug-likeness (QED) is 0.785. The van der Waals surface area contributed by atoms with Gasteiger partial charge in [0.05, 0.1) is 0 Å². The lowest BCUT2D eigenvalue weighted by atomic mass is 10.2. The highest BCUT2D eigenvalue weighted by Crippen LogP contribution is 2.20. The van der Waals surface area contributed by atoms with Crippen LogP contribution in [0.5, 0.6) is 5.75 Å². The van der Waals surface area contributed by atoms with Crippen molar-refractivity contribution in [3.63, 3.8) is 0 Å². The molecule has 0 spiro atoms. The van der Waals surface area contributed by atoms with Gasteiger partial charge in [0.1, 0.15) is 5.75 Å². The summed E-state index contributed by atoms with van der Waals surface area (Å²) in [5.41, 5.74) is 0.857. The minimum Gasteiger partial charge on any atom is -0.482 e. The summed E-state index contributed by atoms with van der Waals surface area (Å²) in [5, 5.41) is 3.28. The number of ether oxygens (including phenoxy) is 2. The van der Waals surface area contributed by atoms with Gasteiger partial charge in [-0.3, -0.25) is 4.79 Å². The van der Waals surface area contributed by atoms with Crippen molar-refractivity contribution in [1.82, 2.24) is 5.32 Å². The van der Waals surface area contributed by atoms with E-state index >= 15 is 0 Å². The predicted molar refractivity (Wildman–Crippen MR) is 80.5 cm³/mol. The Bertz CT molecular complexity index is 502. The third-order valence-corrected chi connectivity index (χ3v) is 2.98. The Morgan fingerprint density at radius 1 is 1.29 bits per heavy atom. The summed E-state index contributed by atoms with van der Waals surface area (Å²) in [6.07, 6.45) is 0. The van der Waals surface area contributed by atoms with Crippen LogP contribution < -0.4 is 10.1 Å². The molecule has 0 aromatic heterocycles. The second kappa shape index (κ2) is 8.52. The van der Waals surface area contributed by atoms with Crippen LogP contribution in [0, 0.1) is 12.8 Å². The molecule has 1 N–H and O–H groups in total. The third-order valence-electron chi connectivity index (χ3n) is 2.56. The van der Waals surface area contributed by atoms with Crippen LogP contribution in [0.2, 0.25) is 5.02 Å². The molecule has 1 amide bonds. The van der Waals surface area contributed by atoms with E-state index in [4.69, 9.17) is 21.1 Å². The van der Waals surface area contributed by atoms with Gasteiger partial charge < -0.3 is 14.8 Å². The maximum atomic E-state index is 11.5. The fraction of sp³-hybridized carbons (Fsp3) is 0.467. The van der Waals surface area contributed by atoms with Crippen LogP contribution in [0.4, 0.5) is 0 Å². The van der Waals surface area contributed by atoms with Gasteiger partial charge in [-0.2, -0.15) is 0 Å². The van der Waals surface area contributed by atoms with Gasteiger partial charge >= 0.3 is 5.97 Å². The van der Waals surface area contributed by atoms with Gasteiger partial charge in [0, 0.05) is 11.6 Å². The normalized spacial score (nSPS) is 10.3. The number of nitrogens with one attached hydrogen (secondary N) is 1. The zero-order chi connectivity index (χ0) is 15.8. The largest absolute Gasteiger partial charge is 0.482 e. The number of benzene rings is 1. The molecule has 21 heavy (non-hydrogen) atoms. The van der Waals surface area contributed by atoms with Crippen molar-refractivity contribution in [2.75, 3.05) is 19.8 Å². The maximum Gasteiger partial charge on any atom is 0.344 e. The number of carbonyl (C=O) groups excluding carboxylic acids is 2. The summed E-state index contributed by atoms with van der Waals surface area (Å²) in [4.78, 5) is 22.8. The van der Waals surface area contributed by atoms with E-state index in [-0.39, 0.29) is 19.1 Å². The Morgan fingerprint density at radius 3 is 2.62 bits per heavy atom. The summed E-state index contributed by atoms with van der Waals surface area (Å²) in [5.74, 6) is -0.0408. The molecule has 0 unspecified atom stereocenters. The van der Waals surface area contributed by atoms with Crippen molar-refractivity contribution >= 4 is 23.5 Å². The molecule has 0 atom stereocenters. The Labute approximate surface area is 129 Å². The maximum absolute atomic E-state index is 11.5. The fourth-order valence-corrected chi connectivity index (χ4v) is 1.52. The zero-order valence-electron chi connectivity index (χ0n) is 12.4. The molecule has 1 aromatic carbocycles. The number of amides is 1. The van der Waals surface area contributed by atoms with Crippen LogP contribution >= 0.6 is 11.6 Å². The molecule has 1 aromatic rings. The molecular weight excluding hydrogens is 294 g/mol. The number of aryl methyl sites for hydroxylation is 1. The van der Waals surface area contributed by atoms with Crippen LogP contribution in [0.1, 0.15) is 19.4 Å². The molecule has 0 bridgehead atoms. The van der Waals surface area contributed by atoms with Gasteiger partial charge in [-0.25, -0.2) is 4.79 Å². The molecule has 1 rings (SSSR count). The van der Waals surface area contributed by atoms with E-state index in [0.717, 1.165) is 5.56 Å². The van der Waals surface area contributed by atoms with Crippen molar-refractivity contribution in [1.29, 1.82) is 0 Å². The molecule has 0 aliphatic rings. The van der Waals surface area contributed by atoms with Crippen molar-refractivity contribution in [3.05, 3.63) is 28.8 Å². The standard InChI is InChI=1S/C15H20ClNO4/c1-10(2)7-17-14(18)8-21-15(19)9-20-12-4-5-13(16)11(3)6-12/h4-6,10H,7-9H2,1-3H3,(H,17,18). The Balaban J connectivity index is 2.27. The summed E-state index contributed by atoms with van der Waals surface area (Å²) in [7, 11) is 0. The Morgan fingerprint density at radius 2 is 2.00 bits per heavy atom. The molecule has 0 saturated heterocycles. The summed E-state index contributed by atoms with van der Waals surface area (Å²) in [6, 6.07) is 5.08. The molecule has 116 valence electrons. The van der Waals surface area contributed by atoms with Crippen LogP contribution in [0.15, 0.2) is 18.2 Å². The minimum absolute atomic E-state index is 0.251. The highest BCUT2D eigenvalue weighted by Gasteiger charge is 2.09. The topological polar surface area (TPSA) is 64.6 Å². The van der Waals surface area contributed by atoms with E-state index in [1.54, 1.807) is 18.2 Å². The predicted octanol–water partition coefficient (Wildman–Crippen LogP) is 2.34. The molecule has 0 aliphatic heterocycles. The fourth-order valence-electron chi connectivity index (χ4n) is 1.41. The average Bonchev–Trinajstić information content (AvgIpc) is 2.44. The SMILES string of the molecule is Cc1cc(OCC(=O)OCC(=O)NCC(C)C)ccc1Cl. The van der Waals surface area contributed by atoms with Gasteiger partial charge in [-0.1, -0.05) is 25.4 Å². The lowest BCUT2D eigenvalue weighted by Crippen LogP contribution is -2.32. The van der Waals surface area contributed by atoms with Gasteiger partial charge in [-0.15, -0.1) is 0 Å². The number of carbonyl (C=O) groups is 2. The van der Waals surface area contributed by atoms with Crippen molar-refractivity contribution in [2.45, 2.75) is 20.8 Å². The van der Waals surface area contributed by atoms with Gasteiger partial charge in [0.2, 0.25) is 0 Å². The molecule has 0 fully saturated rings. The molecular formula is C15H20ClNO4. The van der Waals surface area contributed by atoms with E-state index in [1.165, 1.54) is 0 Å². The van der Waals surface area contributed by atoms with E-state index < -0.39 is 5.97 Å². The first-order valence-corrected chi connectivity index (χ1v) is 7.07. The number of halogens is 1. The lowest BCUT2D eigenvalue weighted by Gasteiger charge is -2.09. The van der Waals surface area contributed by atoms with E-state index in [0.29, 0.717) is 23.2 Å². The number of hydrogen-bond donors (Lipinski definition) is 1. The molecule has 0 saturated carbocycles. The van der Waals surface area contributed by atoms with Gasteiger partial charge in [-0.05, 0) is 36.6 Å². The minimum atomic E-state index is -0.595. The first-order valence-electron chi connectivity index (χ1n) is 6.69. The van der Waals surface area contributed by atoms with Crippen LogP contribution in [-0.4, -0.2) is 31.6 Å². The summed E-state index contributed by atoms with van der Waals surface area (Å²) >= 11 is 5.89. The van der Waals surface area contributed by atoms with Crippen molar-refractivity contribution < 1.29 is 19.1 Å². The number of esters is 1. The Kier molecular flexibility index (Phi) is 7.02. The van der Waals surface area contributed by atoms with E-state index in [2.05, 4.69) is 5.32 Å².